The van der Waals surface area contributed by atoms with Crippen molar-refractivity contribution >= 4 is 53.7 Å². The van der Waals surface area contributed by atoms with Gasteiger partial charge in [0.05, 0.1) is 36.0 Å². The number of sulfonamides is 2. The molecule has 0 fully saturated rings. The van der Waals surface area contributed by atoms with Crippen molar-refractivity contribution in [2.24, 2.45) is 0 Å². The topological polar surface area (TPSA) is 140 Å². The van der Waals surface area contributed by atoms with Gasteiger partial charge in [0.25, 0.3) is 0 Å². The van der Waals surface area contributed by atoms with E-state index in [1.54, 1.807) is 60.7 Å². The summed E-state index contributed by atoms with van der Waals surface area (Å²) in [6.45, 7) is 16.6. The summed E-state index contributed by atoms with van der Waals surface area (Å²) in [6.07, 6.45) is 7.38. The lowest BCUT2D eigenvalue weighted by Gasteiger charge is -2.14. The van der Waals surface area contributed by atoms with E-state index in [4.69, 9.17) is 0 Å². The Hall–Kier alpha value is -6.38. The maximum Gasteiger partial charge on any atom is 0.244 e. The second kappa shape index (κ2) is 21.0. The van der Waals surface area contributed by atoms with Gasteiger partial charge in [-0.15, -0.1) is 0 Å². The van der Waals surface area contributed by atoms with Gasteiger partial charge in [-0.3, -0.25) is 0 Å². The lowest BCUT2D eigenvalue weighted by atomic mass is 10.2. The zero-order chi connectivity index (χ0) is 43.1. The van der Waals surface area contributed by atoms with Crippen LogP contribution in [0, 0.1) is 13.8 Å². The van der Waals surface area contributed by atoms with Crippen LogP contribution in [0.2, 0.25) is 0 Å². The summed E-state index contributed by atoms with van der Waals surface area (Å²) >= 11 is 0. The Morgan fingerprint density at radius 3 is 1.15 bits per heavy atom. The van der Waals surface area contributed by atoms with Gasteiger partial charge in [0.1, 0.15) is 0 Å². The molecule has 0 unspecified atom stereocenters. The molecule has 0 aliphatic rings. The van der Waals surface area contributed by atoms with E-state index in [1.807, 2.05) is 13.8 Å². The Labute approximate surface area is 354 Å². The molecule has 0 amide bonds. The maximum atomic E-state index is 11.9. The molecule has 4 heterocycles. The number of pyridine rings is 2. The molecule has 4 aromatic heterocycles. The van der Waals surface area contributed by atoms with Crippen LogP contribution in [-0.2, 0) is 46.2 Å². The van der Waals surface area contributed by atoms with Crippen molar-refractivity contribution < 1.29 is 26.0 Å². The Balaban J connectivity index is 0.000000153. The van der Waals surface area contributed by atoms with Crippen LogP contribution in [0.15, 0.2) is 168 Å². The zero-order valence-electron chi connectivity index (χ0n) is 34.9. The fourth-order valence-electron chi connectivity index (χ4n) is 6.08. The molecule has 0 aliphatic carbocycles. The highest BCUT2D eigenvalue weighted by Gasteiger charge is 2.13. The van der Waals surface area contributed by atoms with Crippen molar-refractivity contribution in [1.82, 2.24) is 19.1 Å². The zero-order valence-corrected chi connectivity index (χ0v) is 36.5. The number of para-hydroxylation sites is 4. The highest BCUT2D eigenvalue weighted by Crippen LogP contribution is 2.26. The van der Waals surface area contributed by atoms with Crippen LogP contribution in [0.1, 0.15) is 38.8 Å². The van der Waals surface area contributed by atoms with Crippen LogP contribution in [0.3, 0.4) is 0 Å². The van der Waals surface area contributed by atoms with Crippen LogP contribution >= 0.6 is 0 Å². The van der Waals surface area contributed by atoms with E-state index >= 15 is 0 Å². The van der Waals surface area contributed by atoms with Crippen LogP contribution in [0.25, 0.3) is 31.5 Å². The molecule has 0 bridgehead atoms. The summed E-state index contributed by atoms with van der Waals surface area (Å²) in [5.74, 6) is 0.376. The van der Waals surface area contributed by atoms with Gasteiger partial charge in [-0.1, -0.05) is 108 Å². The number of imidazole rings is 2. The highest BCUT2D eigenvalue weighted by molar-refractivity contribution is 7.94. The van der Waals surface area contributed by atoms with E-state index in [0.29, 0.717) is 0 Å². The maximum absolute atomic E-state index is 11.9. The van der Waals surface area contributed by atoms with Gasteiger partial charge in [0.15, 0.2) is 22.1 Å². The van der Waals surface area contributed by atoms with Crippen LogP contribution in [-0.4, -0.2) is 35.9 Å². The van der Waals surface area contributed by atoms with Gasteiger partial charge in [0.2, 0.25) is 32.7 Å². The number of aromatic nitrogens is 6. The van der Waals surface area contributed by atoms with Crippen molar-refractivity contribution in [2.75, 3.05) is 0 Å². The van der Waals surface area contributed by atoms with E-state index in [9.17, 15) is 16.8 Å². The Bertz CT molecular complexity index is 2520. The molecule has 0 saturated carbocycles. The number of nitrogens with zero attached hydrogens (tertiary/aromatic N) is 8. The molecule has 8 aromatic rings. The number of benzene rings is 4. The summed E-state index contributed by atoms with van der Waals surface area (Å²) in [5.41, 5.74) is 7.31. The fraction of sp³-hybridized carbons (Fsp3) is 0.217. The molecule has 14 heteroatoms. The van der Waals surface area contributed by atoms with E-state index < -0.39 is 20.0 Å². The molecule has 0 saturated heterocycles. The van der Waals surface area contributed by atoms with Crippen molar-refractivity contribution in [3.63, 3.8) is 0 Å². The fourth-order valence-corrected chi connectivity index (χ4v) is 7.96. The van der Waals surface area contributed by atoms with Crippen molar-refractivity contribution in [1.29, 1.82) is 0 Å². The summed E-state index contributed by atoms with van der Waals surface area (Å²) < 4.78 is 64.0. The van der Waals surface area contributed by atoms with E-state index in [2.05, 4.69) is 127 Å². The predicted octanol–water partition coefficient (Wildman–Crippen LogP) is 9.51. The summed E-state index contributed by atoms with van der Waals surface area (Å²) in [4.78, 5) is 8.07. The van der Waals surface area contributed by atoms with E-state index in [1.165, 1.54) is 58.7 Å². The number of rotatable bonds is 10. The molecule has 0 radical (unpaired) electrons. The second-order valence-electron chi connectivity index (χ2n) is 13.5. The second-order valence-corrected chi connectivity index (χ2v) is 16.7. The Morgan fingerprint density at radius 2 is 0.833 bits per heavy atom. The molecular formula is C46H52N8O4S2. The quantitative estimate of drug-likeness (QED) is 0.126. The van der Waals surface area contributed by atoms with E-state index in [0.717, 1.165) is 37.3 Å². The van der Waals surface area contributed by atoms with Gasteiger partial charge >= 0.3 is 0 Å². The predicted molar refractivity (Wildman–Crippen MR) is 238 cm³/mol. The molecule has 60 heavy (non-hydrogen) atoms. The molecule has 4 aromatic carbocycles. The van der Waals surface area contributed by atoms with Gasteiger partial charge in [-0.05, 0) is 102 Å². The molecule has 0 aliphatic heterocycles. The lowest BCUT2D eigenvalue weighted by molar-refractivity contribution is -0.668. The average molecular weight is 845 g/mol. The molecule has 8 rings (SSSR count). The SMILES string of the molecule is CCn1c[n+](CC)c2ccccc21.CCn1c[n+](CC)c2ccccc21.Cc1ccc(S(=O)(=O)[N-]c2ccccn2)cc1.Cc1ccc(S(=O)(=O)[N-]c2ccccn2)cc1. The normalized spacial score (nSPS) is 11.0. The largest absolute Gasteiger partial charge is 0.442 e. The minimum absolute atomic E-state index is 0.175. The van der Waals surface area contributed by atoms with E-state index in [-0.39, 0.29) is 21.4 Å². The molecule has 312 valence electrons. The summed E-state index contributed by atoms with van der Waals surface area (Å²) in [5, 5.41) is 0. The summed E-state index contributed by atoms with van der Waals surface area (Å²) in [7, 11) is -7.34. The minimum atomic E-state index is -3.67. The smallest absolute Gasteiger partial charge is 0.244 e. The first-order chi connectivity index (χ1) is 28.9. The molecule has 12 nitrogen and oxygen atoms in total. The van der Waals surface area contributed by atoms with Crippen LogP contribution in [0.5, 0.6) is 0 Å². The summed E-state index contributed by atoms with van der Waals surface area (Å²) in [6, 6.07) is 40.0. The Kier molecular flexibility index (Phi) is 15.7. The third-order valence-corrected chi connectivity index (χ3v) is 11.9. The number of hydrogen-bond donors (Lipinski definition) is 0. The van der Waals surface area contributed by atoms with Crippen molar-refractivity contribution in [3.05, 3.63) is 179 Å². The first-order valence-corrected chi connectivity index (χ1v) is 22.6. The third kappa shape index (κ3) is 11.9. The van der Waals surface area contributed by atoms with Gasteiger partial charge in [-0.25, -0.2) is 35.1 Å². The first-order valence-electron chi connectivity index (χ1n) is 19.7. The number of aryl methyl sites for hydroxylation is 6. The molecule has 0 N–H and O–H groups in total. The molecule has 0 spiro atoms. The van der Waals surface area contributed by atoms with Gasteiger partial charge in [-0.2, -0.15) is 0 Å². The lowest BCUT2D eigenvalue weighted by Crippen LogP contribution is -2.30. The average Bonchev–Trinajstić information content (AvgIpc) is 3.83. The number of fused-ring (bicyclic) bond motifs is 2. The van der Waals surface area contributed by atoms with Gasteiger partial charge < -0.3 is 19.4 Å². The van der Waals surface area contributed by atoms with Crippen LogP contribution < -0.4 is 9.13 Å². The molecule has 0 atom stereocenters. The molecular weight excluding hydrogens is 793 g/mol. The van der Waals surface area contributed by atoms with Gasteiger partial charge in [0, 0.05) is 0 Å². The van der Waals surface area contributed by atoms with Crippen molar-refractivity contribution in [3.8, 4) is 0 Å². The van der Waals surface area contributed by atoms with Crippen LogP contribution in [0.4, 0.5) is 11.6 Å². The monoisotopic (exact) mass is 844 g/mol. The third-order valence-electron chi connectivity index (χ3n) is 9.29. The highest BCUT2D eigenvalue weighted by atomic mass is 32.2. The minimum Gasteiger partial charge on any atom is -0.442 e. The Morgan fingerprint density at radius 1 is 0.483 bits per heavy atom. The van der Waals surface area contributed by atoms with Crippen molar-refractivity contribution in [2.45, 2.75) is 77.5 Å². The number of hydrogen-bond acceptors (Lipinski definition) is 6. The standard InChI is InChI=1S/2C12H11N2O2S.2C11H15N2/c2*1-10-5-7-11(8-6-10)17(15,16)14-12-4-2-3-9-13-12;2*1-3-12-9-13(4-2)11-8-6-5-7-10(11)12/h2*2-9H,1H3;2*5-9H,3-4H2,1-2H3/q2*-1;2*+1. The first kappa shape index (κ1) is 44.7.